The van der Waals surface area contributed by atoms with Gasteiger partial charge in [-0.05, 0) is 188 Å². The van der Waals surface area contributed by atoms with Crippen molar-refractivity contribution in [2.24, 2.45) is 0 Å². The van der Waals surface area contributed by atoms with Gasteiger partial charge in [0.25, 0.3) is 6.71 Å². The number of hydrogen-bond acceptors (Lipinski definition) is 3. The zero-order valence-corrected chi connectivity index (χ0v) is 44.6. The first-order valence-electron chi connectivity index (χ1n) is 26.2. The first-order chi connectivity index (χ1) is 31.4. The van der Waals surface area contributed by atoms with Gasteiger partial charge in [0.1, 0.15) is 0 Å². The van der Waals surface area contributed by atoms with E-state index >= 15 is 0 Å². The summed E-state index contributed by atoms with van der Waals surface area (Å²) < 4.78 is 2.93. The minimum Gasteiger partial charge on any atom is -0.311 e. The van der Waals surface area contributed by atoms with Gasteiger partial charge < -0.3 is 9.80 Å². The molecule has 5 aromatic carbocycles. The van der Waals surface area contributed by atoms with Gasteiger partial charge in [0, 0.05) is 43.3 Å². The lowest BCUT2D eigenvalue weighted by molar-refractivity contribution is 0.332. The molecule has 0 unspecified atom stereocenters. The van der Waals surface area contributed by atoms with Gasteiger partial charge in [0.2, 0.25) is 0 Å². The van der Waals surface area contributed by atoms with Crippen molar-refractivity contribution in [3.8, 4) is 0 Å². The van der Waals surface area contributed by atoms with Crippen LogP contribution in [0.15, 0.2) is 78.9 Å². The van der Waals surface area contributed by atoms with Gasteiger partial charge >= 0.3 is 0 Å². The van der Waals surface area contributed by atoms with Gasteiger partial charge in [0.15, 0.2) is 0 Å². The highest BCUT2D eigenvalue weighted by atomic mass is 32.1. The number of fused-ring (bicyclic) bond motifs is 8. The van der Waals surface area contributed by atoms with Crippen LogP contribution in [-0.2, 0) is 32.5 Å². The maximum atomic E-state index is 2.81. The number of rotatable bonds is 3. The number of hydrogen-bond donors (Lipinski definition) is 0. The van der Waals surface area contributed by atoms with Crippen molar-refractivity contribution in [1.29, 1.82) is 0 Å². The average Bonchev–Trinajstić information content (AvgIpc) is 3.64. The molecular weight excluding hydrogens is 828 g/mol. The largest absolute Gasteiger partial charge is 0.311 e. The highest BCUT2D eigenvalue weighted by Crippen LogP contribution is 2.55. The molecule has 1 aromatic heterocycles. The Morgan fingerprint density at radius 2 is 1.07 bits per heavy atom. The molecule has 2 nitrogen and oxygen atoms in total. The summed E-state index contributed by atoms with van der Waals surface area (Å²) >= 11 is 2.09. The minimum absolute atomic E-state index is 0.00169. The number of aryl methyl sites for hydroxylation is 1. The van der Waals surface area contributed by atoms with Crippen LogP contribution in [0.4, 0.5) is 34.1 Å². The molecule has 4 heteroatoms. The summed E-state index contributed by atoms with van der Waals surface area (Å²) in [6.07, 6.45) is 11.3. The van der Waals surface area contributed by atoms with Crippen molar-refractivity contribution in [2.75, 3.05) is 9.80 Å². The third-order valence-electron chi connectivity index (χ3n) is 18.0. The fourth-order valence-electron chi connectivity index (χ4n) is 13.3. The molecular formula is C63H77BN2S. The van der Waals surface area contributed by atoms with Crippen LogP contribution in [0.25, 0.3) is 10.1 Å². The highest BCUT2D eigenvalue weighted by Gasteiger charge is 2.48. The Morgan fingerprint density at radius 1 is 0.537 bits per heavy atom. The van der Waals surface area contributed by atoms with Crippen molar-refractivity contribution in [2.45, 2.75) is 200 Å². The van der Waals surface area contributed by atoms with Gasteiger partial charge in [-0.1, -0.05) is 147 Å². The Labute approximate surface area is 409 Å². The summed E-state index contributed by atoms with van der Waals surface area (Å²) in [6.45, 7) is 36.6. The molecule has 348 valence electrons. The third-order valence-corrected chi connectivity index (χ3v) is 19.2. The van der Waals surface area contributed by atoms with Crippen LogP contribution in [0, 0.1) is 6.92 Å². The van der Waals surface area contributed by atoms with Crippen molar-refractivity contribution in [1.82, 2.24) is 0 Å². The maximum Gasteiger partial charge on any atom is 0.264 e. The van der Waals surface area contributed by atoms with E-state index in [1.165, 1.54) is 151 Å². The molecule has 5 aliphatic rings. The molecule has 0 bridgehead atoms. The molecule has 0 N–H and O–H groups in total. The molecule has 0 saturated heterocycles. The van der Waals surface area contributed by atoms with Gasteiger partial charge in [-0.25, -0.2) is 0 Å². The van der Waals surface area contributed by atoms with Crippen LogP contribution < -0.4 is 25.5 Å². The molecule has 1 saturated carbocycles. The first kappa shape index (κ1) is 45.2. The fraction of sp³-hybridized carbons (Fsp3) is 0.492. The molecule has 0 spiro atoms. The van der Waals surface area contributed by atoms with E-state index in [9.17, 15) is 0 Å². The second kappa shape index (κ2) is 14.9. The van der Waals surface area contributed by atoms with E-state index in [2.05, 4.69) is 204 Å². The van der Waals surface area contributed by atoms with Crippen LogP contribution in [-0.4, -0.2) is 6.71 Å². The predicted octanol–water partition coefficient (Wildman–Crippen LogP) is 16.6. The van der Waals surface area contributed by atoms with Gasteiger partial charge in [0.05, 0.1) is 5.69 Å². The van der Waals surface area contributed by atoms with E-state index in [0.29, 0.717) is 5.92 Å². The molecule has 0 amide bonds. The normalized spacial score (nSPS) is 20.3. The summed E-state index contributed by atoms with van der Waals surface area (Å²) in [7, 11) is 0. The lowest BCUT2D eigenvalue weighted by atomic mass is 9.36. The molecule has 0 atom stereocenters. The predicted molar refractivity (Wildman–Crippen MR) is 294 cm³/mol. The van der Waals surface area contributed by atoms with Gasteiger partial charge in [-0.2, -0.15) is 0 Å². The summed E-state index contributed by atoms with van der Waals surface area (Å²) in [6, 6.07) is 33.3. The smallest absolute Gasteiger partial charge is 0.264 e. The monoisotopic (exact) mass is 905 g/mol. The number of thiophene rings is 1. The van der Waals surface area contributed by atoms with Crippen LogP contribution >= 0.6 is 11.3 Å². The minimum atomic E-state index is 0.00169. The van der Waals surface area contributed by atoms with Gasteiger partial charge in [-0.3, -0.25) is 0 Å². The zero-order chi connectivity index (χ0) is 47.5. The molecule has 2 aliphatic heterocycles. The summed E-state index contributed by atoms with van der Waals surface area (Å²) in [5, 5.41) is 1.43. The van der Waals surface area contributed by atoms with E-state index in [1.54, 1.807) is 11.1 Å². The highest BCUT2D eigenvalue weighted by molar-refractivity contribution is 7.33. The summed E-state index contributed by atoms with van der Waals surface area (Å²) in [4.78, 5) is 5.53. The molecule has 11 rings (SSSR count). The lowest BCUT2D eigenvalue weighted by Crippen LogP contribution is -2.60. The Hall–Kier alpha value is -4.28. The van der Waals surface area contributed by atoms with E-state index in [4.69, 9.17) is 0 Å². The Balaban J connectivity index is 1.29. The van der Waals surface area contributed by atoms with Crippen LogP contribution in [0.2, 0.25) is 0 Å². The van der Waals surface area contributed by atoms with Crippen molar-refractivity contribution < 1.29 is 0 Å². The number of nitrogens with zero attached hydrogens (tertiary/aromatic N) is 2. The molecule has 67 heavy (non-hydrogen) atoms. The van der Waals surface area contributed by atoms with Crippen LogP contribution in [0.5, 0.6) is 0 Å². The van der Waals surface area contributed by atoms with Gasteiger partial charge in [-0.15, -0.1) is 11.3 Å². The zero-order valence-electron chi connectivity index (χ0n) is 43.8. The number of anilines is 6. The Morgan fingerprint density at radius 3 is 1.67 bits per heavy atom. The third kappa shape index (κ3) is 7.05. The quantitative estimate of drug-likeness (QED) is 0.163. The standard InChI is InChI=1S/C63H77BN2S/c1-38-31-41(58(2,3)4)21-25-50(38)66-51-26-22-42(59(5,6)7)34-49(51)64-55-52(32-40(33-53(55)66)39-19-17-16-18-20-39)65(43-23-24-45-46(35-43)61(10,11)28-27-60(45,8)9)56-44-36-47-48(37-54(44)67-57(56)64)63(14,15)30-29-62(47,12)13/h21-26,31-37,39H,16-20,27-30H2,1-15H3. The molecule has 3 heterocycles. The second-order valence-electron chi connectivity index (χ2n) is 26.7. The SMILES string of the molecule is Cc1cc(C(C)(C)C)ccc1N1c2ccc(C(C)(C)C)cc2B2c3sc4cc5c(cc4c3N(c3ccc4c(c3)C(C)(C)CCC4(C)C)c3cc(C4CCCCC4)cc1c32)C(C)(C)CCC5(C)C. The van der Waals surface area contributed by atoms with Crippen molar-refractivity contribution >= 4 is 78.0 Å². The average molecular weight is 905 g/mol. The lowest BCUT2D eigenvalue weighted by Gasteiger charge is -2.46. The summed E-state index contributed by atoms with van der Waals surface area (Å²) in [5.41, 5.74) is 23.4. The maximum absolute atomic E-state index is 2.81. The fourth-order valence-corrected chi connectivity index (χ4v) is 14.7. The first-order valence-corrected chi connectivity index (χ1v) is 27.0. The Bertz CT molecular complexity index is 3010. The molecule has 6 aromatic rings. The van der Waals surface area contributed by atoms with Crippen molar-refractivity contribution in [3.63, 3.8) is 0 Å². The Kier molecular flexibility index (Phi) is 10.0. The van der Waals surface area contributed by atoms with Crippen molar-refractivity contribution in [3.05, 3.63) is 123 Å². The molecule has 3 aliphatic carbocycles. The van der Waals surface area contributed by atoms with Crippen LogP contribution in [0.3, 0.4) is 0 Å². The topological polar surface area (TPSA) is 6.48 Å². The number of benzene rings is 5. The second-order valence-corrected chi connectivity index (χ2v) is 27.7. The summed E-state index contributed by atoms with van der Waals surface area (Å²) in [5.74, 6) is 0.547. The van der Waals surface area contributed by atoms with Crippen LogP contribution in [0.1, 0.15) is 205 Å². The molecule has 0 radical (unpaired) electrons. The van der Waals surface area contributed by atoms with E-state index < -0.39 is 0 Å². The van der Waals surface area contributed by atoms with E-state index in [1.807, 2.05) is 0 Å². The van der Waals surface area contributed by atoms with E-state index in [0.717, 1.165) is 0 Å². The molecule has 1 fully saturated rings. The van der Waals surface area contributed by atoms with E-state index in [-0.39, 0.29) is 39.2 Å².